The highest BCUT2D eigenvalue weighted by molar-refractivity contribution is 6.31. The highest BCUT2D eigenvalue weighted by Gasteiger charge is 2.11. The maximum atomic E-state index is 6.10. The summed E-state index contributed by atoms with van der Waals surface area (Å²) in [6.45, 7) is 8.04. The molecule has 0 aliphatic rings. The summed E-state index contributed by atoms with van der Waals surface area (Å²) in [5.41, 5.74) is 1.03. The summed E-state index contributed by atoms with van der Waals surface area (Å²) in [6.07, 6.45) is 1.61. The lowest BCUT2D eigenvalue weighted by Crippen LogP contribution is -2.35. The minimum absolute atomic E-state index is 0.0453. The summed E-state index contributed by atoms with van der Waals surface area (Å²) >= 11 is 6.10. The largest absolute Gasteiger partial charge is 0.475 e. The predicted molar refractivity (Wildman–Crippen MR) is 73.2 cm³/mol. The molecule has 0 saturated carbocycles. The van der Waals surface area contributed by atoms with E-state index in [4.69, 9.17) is 21.1 Å². The van der Waals surface area contributed by atoms with Gasteiger partial charge < -0.3 is 14.8 Å². The molecule has 102 valence electrons. The van der Waals surface area contributed by atoms with E-state index in [1.165, 1.54) is 0 Å². The number of aromatic nitrogens is 1. The van der Waals surface area contributed by atoms with E-state index in [9.17, 15) is 0 Å². The smallest absolute Gasteiger partial charge is 0.213 e. The van der Waals surface area contributed by atoms with Crippen LogP contribution in [0.2, 0.25) is 5.02 Å². The summed E-state index contributed by atoms with van der Waals surface area (Å²) in [5, 5.41) is 4.03. The summed E-state index contributed by atoms with van der Waals surface area (Å²) in [7, 11) is 1.64. The van der Waals surface area contributed by atoms with Crippen molar-refractivity contribution in [2.45, 2.75) is 32.9 Å². The Labute approximate surface area is 114 Å². The number of methoxy groups -OCH3 is 1. The van der Waals surface area contributed by atoms with Gasteiger partial charge in [-0.05, 0) is 26.3 Å². The van der Waals surface area contributed by atoms with Crippen LogP contribution in [0.15, 0.2) is 12.3 Å². The summed E-state index contributed by atoms with van der Waals surface area (Å²) in [5.74, 6) is 0.571. The van der Waals surface area contributed by atoms with Gasteiger partial charge in [-0.3, -0.25) is 0 Å². The molecule has 5 heteroatoms. The Bertz CT molecular complexity index is 378. The van der Waals surface area contributed by atoms with Crippen LogP contribution in [0.3, 0.4) is 0 Å². The second-order valence-electron chi connectivity index (χ2n) is 5.06. The fourth-order valence-corrected chi connectivity index (χ4v) is 1.43. The molecule has 1 heterocycles. The fourth-order valence-electron chi connectivity index (χ4n) is 1.26. The van der Waals surface area contributed by atoms with Crippen LogP contribution in [-0.2, 0) is 11.3 Å². The molecule has 1 N–H and O–H groups in total. The second-order valence-corrected chi connectivity index (χ2v) is 5.47. The first-order valence-electron chi connectivity index (χ1n) is 5.93. The number of pyridine rings is 1. The van der Waals surface area contributed by atoms with E-state index >= 15 is 0 Å². The van der Waals surface area contributed by atoms with E-state index < -0.39 is 0 Å². The van der Waals surface area contributed by atoms with Gasteiger partial charge in [0.25, 0.3) is 0 Å². The maximum Gasteiger partial charge on any atom is 0.213 e. The lowest BCUT2D eigenvalue weighted by molar-refractivity contribution is 0.143. The third kappa shape index (κ3) is 5.67. The molecule has 0 fully saturated rings. The van der Waals surface area contributed by atoms with Crippen LogP contribution in [-0.4, -0.2) is 30.8 Å². The molecule has 1 aromatic heterocycles. The molecule has 0 radical (unpaired) electrons. The van der Waals surface area contributed by atoms with Crippen molar-refractivity contribution in [3.8, 4) is 5.88 Å². The number of halogens is 1. The number of rotatable bonds is 6. The second kappa shape index (κ2) is 6.92. The Morgan fingerprint density at radius 3 is 2.67 bits per heavy atom. The van der Waals surface area contributed by atoms with Gasteiger partial charge >= 0.3 is 0 Å². The van der Waals surface area contributed by atoms with Crippen LogP contribution >= 0.6 is 11.6 Å². The van der Waals surface area contributed by atoms with Crippen molar-refractivity contribution in [2.24, 2.45) is 0 Å². The first-order valence-corrected chi connectivity index (χ1v) is 6.31. The standard InChI is InChI=1S/C13H21ClN2O2/c1-13(2,3)16-8-10-7-12(15-9-11(10)14)18-6-5-17-4/h7,9,16H,5-6,8H2,1-4H3. The number of ether oxygens (including phenoxy) is 2. The van der Waals surface area contributed by atoms with E-state index in [1.54, 1.807) is 13.3 Å². The monoisotopic (exact) mass is 272 g/mol. The van der Waals surface area contributed by atoms with Crippen LogP contribution in [0.1, 0.15) is 26.3 Å². The number of hydrogen-bond donors (Lipinski definition) is 1. The number of nitrogens with one attached hydrogen (secondary N) is 1. The molecule has 0 saturated heterocycles. The molecule has 4 nitrogen and oxygen atoms in total. The third-order valence-electron chi connectivity index (χ3n) is 2.26. The van der Waals surface area contributed by atoms with Gasteiger partial charge in [0.15, 0.2) is 0 Å². The van der Waals surface area contributed by atoms with E-state index in [1.807, 2.05) is 6.07 Å². The van der Waals surface area contributed by atoms with Gasteiger partial charge in [-0.25, -0.2) is 4.98 Å². The van der Waals surface area contributed by atoms with Crippen molar-refractivity contribution >= 4 is 11.6 Å². The first kappa shape index (κ1) is 15.2. The zero-order chi connectivity index (χ0) is 13.6. The van der Waals surface area contributed by atoms with Crippen molar-refractivity contribution < 1.29 is 9.47 Å². The van der Waals surface area contributed by atoms with Gasteiger partial charge in [0.1, 0.15) is 6.61 Å². The Hall–Kier alpha value is -0.840. The third-order valence-corrected chi connectivity index (χ3v) is 2.60. The molecule has 0 amide bonds. The van der Waals surface area contributed by atoms with Gasteiger partial charge in [-0.15, -0.1) is 0 Å². The van der Waals surface area contributed by atoms with Crippen molar-refractivity contribution in [3.63, 3.8) is 0 Å². The zero-order valence-corrected chi connectivity index (χ0v) is 12.2. The highest BCUT2D eigenvalue weighted by Crippen LogP contribution is 2.20. The fraction of sp³-hybridized carbons (Fsp3) is 0.615. The number of nitrogens with zero attached hydrogens (tertiary/aromatic N) is 1. The van der Waals surface area contributed by atoms with Crippen LogP contribution < -0.4 is 10.1 Å². The average molecular weight is 273 g/mol. The molecule has 0 aromatic carbocycles. The van der Waals surface area contributed by atoms with Gasteiger partial charge in [0, 0.05) is 31.5 Å². The molecule has 0 spiro atoms. The van der Waals surface area contributed by atoms with Crippen LogP contribution in [0, 0.1) is 0 Å². The SMILES string of the molecule is COCCOc1cc(CNC(C)(C)C)c(Cl)cn1. The average Bonchev–Trinajstić information content (AvgIpc) is 2.29. The molecule has 0 aliphatic carbocycles. The highest BCUT2D eigenvalue weighted by atomic mass is 35.5. The van der Waals surface area contributed by atoms with Gasteiger partial charge in [-0.2, -0.15) is 0 Å². The normalized spacial score (nSPS) is 11.6. The first-order chi connectivity index (χ1) is 8.42. The molecule has 0 unspecified atom stereocenters. The molecule has 0 bridgehead atoms. The predicted octanol–water partition coefficient (Wildman–Crippen LogP) is 2.65. The summed E-state index contributed by atoms with van der Waals surface area (Å²) in [4.78, 5) is 4.12. The molecule has 18 heavy (non-hydrogen) atoms. The minimum Gasteiger partial charge on any atom is -0.475 e. The van der Waals surface area contributed by atoms with Crippen molar-refractivity contribution in [2.75, 3.05) is 20.3 Å². The van der Waals surface area contributed by atoms with Gasteiger partial charge in [0.2, 0.25) is 5.88 Å². The van der Waals surface area contributed by atoms with Crippen molar-refractivity contribution in [1.29, 1.82) is 0 Å². The van der Waals surface area contributed by atoms with E-state index in [-0.39, 0.29) is 5.54 Å². The Balaban J connectivity index is 2.63. The summed E-state index contributed by atoms with van der Waals surface area (Å²) < 4.78 is 10.4. The quantitative estimate of drug-likeness (QED) is 0.809. The van der Waals surface area contributed by atoms with Crippen LogP contribution in [0.5, 0.6) is 5.88 Å². The van der Waals surface area contributed by atoms with E-state index in [0.717, 1.165) is 5.56 Å². The molecule has 1 aromatic rings. The lowest BCUT2D eigenvalue weighted by Gasteiger charge is -2.21. The molecule has 0 atom stereocenters. The Morgan fingerprint density at radius 2 is 2.06 bits per heavy atom. The van der Waals surface area contributed by atoms with Crippen molar-refractivity contribution in [3.05, 3.63) is 22.8 Å². The van der Waals surface area contributed by atoms with E-state index in [2.05, 4.69) is 31.1 Å². The maximum absolute atomic E-state index is 6.10. The zero-order valence-electron chi connectivity index (χ0n) is 11.4. The van der Waals surface area contributed by atoms with Gasteiger partial charge in [-0.1, -0.05) is 11.6 Å². The minimum atomic E-state index is 0.0453. The lowest BCUT2D eigenvalue weighted by atomic mass is 10.1. The van der Waals surface area contributed by atoms with E-state index in [0.29, 0.717) is 30.7 Å². The summed E-state index contributed by atoms with van der Waals surface area (Å²) in [6, 6.07) is 1.86. The molecular formula is C13H21ClN2O2. The Kier molecular flexibility index (Phi) is 5.85. The van der Waals surface area contributed by atoms with Crippen LogP contribution in [0.4, 0.5) is 0 Å². The van der Waals surface area contributed by atoms with Crippen LogP contribution in [0.25, 0.3) is 0 Å². The Morgan fingerprint density at radius 1 is 1.33 bits per heavy atom. The van der Waals surface area contributed by atoms with Gasteiger partial charge in [0.05, 0.1) is 11.6 Å². The molecule has 1 rings (SSSR count). The molecule has 0 aliphatic heterocycles. The van der Waals surface area contributed by atoms with Crippen molar-refractivity contribution in [1.82, 2.24) is 10.3 Å². The topological polar surface area (TPSA) is 43.4 Å². The molecular weight excluding hydrogens is 252 g/mol. The number of hydrogen-bond acceptors (Lipinski definition) is 4.